The molecule has 0 atom stereocenters. The van der Waals surface area contributed by atoms with Crippen molar-refractivity contribution >= 4 is 16.6 Å². The van der Waals surface area contributed by atoms with Gasteiger partial charge in [-0.25, -0.2) is 9.37 Å². The normalized spacial score (nSPS) is 10.7. The van der Waals surface area contributed by atoms with E-state index in [9.17, 15) is 9.65 Å². The van der Waals surface area contributed by atoms with Crippen molar-refractivity contribution in [2.45, 2.75) is 13.5 Å². The lowest BCUT2D eigenvalue weighted by molar-refractivity contribution is 0.628. The Bertz CT molecular complexity index is 923. The third kappa shape index (κ3) is 2.61. The molecule has 0 aliphatic carbocycles. The number of nitrogens with zero attached hydrogens (tertiary/aromatic N) is 5. The van der Waals surface area contributed by atoms with Gasteiger partial charge in [-0.3, -0.25) is 4.98 Å². The van der Waals surface area contributed by atoms with Crippen molar-refractivity contribution in [2.24, 2.45) is 7.05 Å². The molecular formula is C17H16FN5. The van der Waals surface area contributed by atoms with Gasteiger partial charge in [-0.15, -0.1) is 0 Å². The molecule has 3 rings (SSSR count). The molecular weight excluding hydrogens is 293 g/mol. The predicted molar refractivity (Wildman–Crippen MR) is 86.5 cm³/mol. The standard InChI is InChI=1S/C17H16FN5/c1-11-6-13(18)7-14-16(11)21-9-12(8-19)17(14)23(3)10-15-20-4-5-22(15)2/h4-7,9H,10H2,1-3H3. The van der Waals surface area contributed by atoms with Gasteiger partial charge in [-0.2, -0.15) is 5.26 Å². The van der Waals surface area contributed by atoms with Gasteiger partial charge < -0.3 is 9.47 Å². The van der Waals surface area contributed by atoms with Crippen LogP contribution in [-0.4, -0.2) is 21.6 Å². The second kappa shape index (κ2) is 5.69. The zero-order valence-electron chi connectivity index (χ0n) is 13.2. The van der Waals surface area contributed by atoms with E-state index in [2.05, 4.69) is 16.0 Å². The van der Waals surface area contributed by atoms with E-state index in [0.29, 0.717) is 28.7 Å². The maximum Gasteiger partial charge on any atom is 0.127 e. The topological polar surface area (TPSA) is 57.7 Å². The third-order valence-corrected chi connectivity index (χ3v) is 3.90. The van der Waals surface area contributed by atoms with Gasteiger partial charge in [0.1, 0.15) is 17.7 Å². The number of aromatic nitrogens is 3. The Labute approximate surface area is 133 Å². The first-order valence-electron chi connectivity index (χ1n) is 7.17. The molecule has 0 spiro atoms. The van der Waals surface area contributed by atoms with Crippen LogP contribution in [-0.2, 0) is 13.6 Å². The summed E-state index contributed by atoms with van der Waals surface area (Å²) in [6.45, 7) is 2.32. The fraction of sp³-hybridized carbons (Fsp3) is 0.235. The third-order valence-electron chi connectivity index (χ3n) is 3.90. The van der Waals surface area contributed by atoms with Gasteiger partial charge in [-0.05, 0) is 24.6 Å². The van der Waals surface area contributed by atoms with Crippen LogP contribution in [0.15, 0.2) is 30.7 Å². The Hall–Kier alpha value is -2.94. The van der Waals surface area contributed by atoms with Gasteiger partial charge in [0.2, 0.25) is 0 Å². The number of hydrogen-bond acceptors (Lipinski definition) is 4. The summed E-state index contributed by atoms with van der Waals surface area (Å²) in [6, 6.07) is 5.03. The van der Waals surface area contributed by atoms with Crippen molar-refractivity contribution in [3.8, 4) is 6.07 Å². The number of hydrogen-bond donors (Lipinski definition) is 0. The zero-order valence-corrected chi connectivity index (χ0v) is 13.2. The zero-order chi connectivity index (χ0) is 16.6. The minimum atomic E-state index is -0.335. The molecule has 0 radical (unpaired) electrons. The second-order valence-corrected chi connectivity index (χ2v) is 5.56. The lowest BCUT2D eigenvalue weighted by Crippen LogP contribution is -2.20. The van der Waals surface area contributed by atoms with E-state index in [0.717, 1.165) is 11.4 Å². The average molecular weight is 309 g/mol. The number of pyridine rings is 1. The van der Waals surface area contributed by atoms with E-state index in [1.165, 1.54) is 18.3 Å². The SMILES string of the molecule is Cc1cc(F)cc2c(N(C)Cc3nccn3C)c(C#N)cnc12. The number of benzene rings is 1. The van der Waals surface area contributed by atoms with Crippen molar-refractivity contribution in [1.82, 2.24) is 14.5 Å². The van der Waals surface area contributed by atoms with Crippen LogP contribution in [0, 0.1) is 24.1 Å². The highest BCUT2D eigenvalue weighted by molar-refractivity contribution is 5.96. The number of aryl methyl sites for hydroxylation is 2. The minimum absolute atomic E-state index is 0.335. The highest BCUT2D eigenvalue weighted by Gasteiger charge is 2.16. The van der Waals surface area contributed by atoms with Gasteiger partial charge in [0, 0.05) is 38.1 Å². The summed E-state index contributed by atoms with van der Waals surface area (Å²) in [5.74, 6) is 0.521. The molecule has 116 valence electrons. The largest absolute Gasteiger partial charge is 0.365 e. The second-order valence-electron chi connectivity index (χ2n) is 5.56. The Balaban J connectivity index is 2.18. The van der Waals surface area contributed by atoms with Crippen LogP contribution in [0.5, 0.6) is 0 Å². The summed E-state index contributed by atoms with van der Waals surface area (Å²) in [4.78, 5) is 10.5. The molecule has 0 N–H and O–H groups in total. The first-order chi connectivity index (χ1) is 11.0. The molecule has 1 aromatic carbocycles. The molecule has 0 aliphatic rings. The van der Waals surface area contributed by atoms with Crippen molar-refractivity contribution in [3.63, 3.8) is 0 Å². The summed E-state index contributed by atoms with van der Waals surface area (Å²) >= 11 is 0. The van der Waals surface area contributed by atoms with E-state index in [4.69, 9.17) is 0 Å². The van der Waals surface area contributed by atoms with Crippen molar-refractivity contribution in [3.05, 3.63) is 53.5 Å². The Morgan fingerprint density at radius 1 is 1.35 bits per heavy atom. The molecule has 6 heteroatoms. The molecule has 3 aromatic rings. The molecule has 5 nitrogen and oxygen atoms in total. The molecule has 0 fully saturated rings. The molecule has 0 amide bonds. The molecule has 0 saturated heterocycles. The highest BCUT2D eigenvalue weighted by atomic mass is 19.1. The first kappa shape index (κ1) is 15.0. The fourth-order valence-electron chi connectivity index (χ4n) is 2.76. The number of rotatable bonds is 3. The maximum absolute atomic E-state index is 13.9. The first-order valence-corrected chi connectivity index (χ1v) is 7.17. The van der Waals surface area contributed by atoms with Gasteiger partial charge in [0.15, 0.2) is 0 Å². The van der Waals surface area contributed by atoms with Crippen LogP contribution in [0.3, 0.4) is 0 Å². The lowest BCUT2D eigenvalue weighted by atomic mass is 10.1. The highest BCUT2D eigenvalue weighted by Crippen LogP contribution is 2.31. The van der Waals surface area contributed by atoms with E-state index >= 15 is 0 Å². The van der Waals surface area contributed by atoms with Crippen LogP contribution in [0.1, 0.15) is 17.0 Å². The van der Waals surface area contributed by atoms with E-state index in [1.807, 2.05) is 36.7 Å². The molecule has 23 heavy (non-hydrogen) atoms. The smallest absolute Gasteiger partial charge is 0.127 e. The lowest BCUT2D eigenvalue weighted by Gasteiger charge is -2.22. The van der Waals surface area contributed by atoms with Crippen LogP contribution < -0.4 is 4.90 Å². The number of fused-ring (bicyclic) bond motifs is 1. The Morgan fingerprint density at radius 2 is 2.13 bits per heavy atom. The van der Waals surface area contributed by atoms with Gasteiger partial charge in [0.05, 0.1) is 23.3 Å². The maximum atomic E-state index is 13.9. The van der Waals surface area contributed by atoms with Crippen molar-refractivity contribution in [2.75, 3.05) is 11.9 Å². The van der Waals surface area contributed by atoms with Gasteiger partial charge in [-0.1, -0.05) is 0 Å². The van der Waals surface area contributed by atoms with Crippen LogP contribution in [0.25, 0.3) is 10.9 Å². The summed E-state index contributed by atoms with van der Waals surface area (Å²) in [5.41, 5.74) is 2.53. The molecule has 0 aliphatic heterocycles. The molecule has 0 bridgehead atoms. The Kier molecular flexibility index (Phi) is 3.70. The molecule has 0 unspecified atom stereocenters. The van der Waals surface area contributed by atoms with E-state index < -0.39 is 0 Å². The molecule has 2 aromatic heterocycles. The number of anilines is 1. The van der Waals surface area contributed by atoms with Crippen LogP contribution in [0.2, 0.25) is 0 Å². The van der Waals surface area contributed by atoms with Crippen molar-refractivity contribution in [1.29, 1.82) is 5.26 Å². The quantitative estimate of drug-likeness (QED) is 0.746. The summed E-state index contributed by atoms with van der Waals surface area (Å²) in [6.07, 6.45) is 5.13. The average Bonchev–Trinajstić information content (AvgIpc) is 2.90. The monoisotopic (exact) mass is 309 g/mol. The fourth-order valence-corrected chi connectivity index (χ4v) is 2.76. The minimum Gasteiger partial charge on any atom is -0.365 e. The van der Waals surface area contributed by atoms with E-state index in [1.54, 1.807) is 6.20 Å². The van der Waals surface area contributed by atoms with E-state index in [-0.39, 0.29) is 5.82 Å². The van der Waals surface area contributed by atoms with Crippen LogP contribution in [0.4, 0.5) is 10.1 Å². The number of nitriles is 1. The predicted octanol–water partition coefficient (Wildman–Crippen LogP) is 2.92. The van der Waals surface area contributed by atoms with Gasteiger partial charge in [0.25, 0.3) is 0 Å². The number of imidazole rings is 1. The molecule has 0 saturated carbocycles. The van der Waals surface area contributed by atoms with Crippen molar-refractivity contribution < 1.29 is 4.39 Å². The van der Waals surface area contributed by atoms with Gasteiger partial charge >= 0.3 is 0 Å². The Morgan fingerprint density at radius 3 is 2.78 bits per heavy atom. The number of halogens is 1. The summed E-state index contributed by atoms with van der Waals surface area (Å²) in [5, 5.41) is 10.1. The molecule has 2 heterocycles. The summed E-state index contributed by atoms with van der Waals surface area (Å²) in [7, 11) is 3.78. The van der Waals surface area contributed by atoms with Crippen LogP contribution >= 0.6 is 0 Å². The summed E-state index contributed by atoms with van der Waals surface area (Å²) < 4.78 is 15.8.